The van der Waals surface area contributed by atoms with Gasteiger partial charge >= 0.3 is 0 Å². The van der Waals surface area contributed by atoms with Gasteiger partial charge in [-0.25, -0.2) is 8.42 Å². The average molecular weight is 380 g/mol. The number of halogens is 1. The number of nitrogens with two attached hydrogens (primary N) is 1. The van der Waals surface area contributed by atoms with Crippen LogP contribution >= 0.6 is 15.9 Å². The van der Waals surface area contributed by atoms with Crippen LogP contribution in [0.3, 0.4) is 0 Å². The van der Waals surface area contributed by atoms with E-state index in [4.69, 9.17) is 10.2 Å². The molecule has 21 heavy (non-hydrogen) atoms. The first-order valence-electron chi connectivity index (χ1n) is 6.97. The summed E-state index contributed by atoms with van der Waals surface area (Å²) in [6.45, 7) is 2.28. The zero-order valence-electron chi connectivity index (χ0n) is 12.4. The van der Waals surface area contributed by atoms with Crippen LogP contribution in [-0.2, 0) is 16.6 Å². The molecule has 2 rings (SSSR count). The quantitative estimate of drug-likeness (QED) is 0.837. The van der Waals surface area contributed by atoms with Crippen LogP contribution in [0.1, 0.15) is 18.6 Å². The number of piperidine rings is 1. The third-order valence-electron chi connectivity index (χ3n) is 3.72. The Bertz CT molecular complexity index is 577. The Labute approximate surface area is 134 Å². The molecule has 0 bridgehead atoms. The van der Waals surface area contributed by atoms with Crippen molar-refractivity contribution < 1.29 is 12.8 Å². The minimum atomic E-state index is -3.51. The summed E-state index contributed by atoms with van der Waals surface area (Å²) in [4.78, 5) is 2.32. The minimum Gasteiger partial charge on any atom is -0.452 e. The van der Waals surface area contributed by atoms with Gasteiger partial charge in [0.1, 0.15) is 10.7 Å². The second-order valence-electron chi connectivity index (χ2n) is 5.66. The van der Waals surface area contributed by atoms with Crippen molar-refractivity contribution in [3.63, 3.8) is 0 Å². The van der Waals surface area contributed by atoms with E-state index in [0.717, 1.165) is 19.4 Å². The lowest BCUT2D eigenvalue weighted by Gasteiger charge is -2.32. The molecule has 120 valence electrons. The number of sulfonamides is 1. The Kier molecular flexibility index (Phi) is 5.48. The fourth-order valence-electron chi connectivity index (χ4n) is 2.66. The summed E-state index contributed by atoms with van der Waals surface area (Å²) in [6, 6.07) is 1.51. The fraction of sp³-hybridized carbons (Fsp3) is 0.692. The third-order valence-corrected chi connectivity index (χ3v) is 6.48. The molecular weight excluding hydrogens is 358 g/mol. The van der Waals surface area contributed by atoms with Crippen molar-refractivity contribution in [3.8, 4) is 0 Å². The van der Waals surface area contributed by atoms with Gasteiger partial charge in [0.05, 0.1) is 6.54 Å². The summed E-state index contributed by atoms with van der Waals surface area (Å²) in [5.74, 6) is 1.02. The molecule has 0 aliphatic carbocycles. The van der Waals surface area contributed by atoms with Gasteiger partial charge in [0, 0.05) is 25.7 Å². The number of hydrogen-bond acceptors (Lipinski definition) is 5. The average Bonchev–Trinajstić information content (AvgIpc) is 2.81. The Morgan fingerprint density at radius 1 is 1.43 bits per heavy atom. The summed E-state index contributed by atoms with van der Waals surface area (Å²) in [6.07, 6.45) is 1.77. The van der Waals surface area contributed by atoms with Crippen molar-refractivity contribution in [2.45, 2.75) is 24.3 Å². The van der Waals surface area contributed by atoms with E-state index in [2.05, 4.69) is 20.8 Å². The lowest BCUT2D eigenvalue weighted by Crippen LogP contribution is -2.40. The first-order chi connectivity index (χ1) is 9.84. The Morgan fingerprint density at radius 2 is 2.05 bits per heavy atom. The fourth-order valence-corrected chi connectivity index (χ4v) is 5.09. The molecule has 0 spiro atoms. The van der Waals surface area contributed by atoms with Crippen LogP contribution in [0.25, 0.3) is 0 Å². The molecule has 0 radical (unpaired) electrons. The van der Waals surface area contributed by atoms with Gasteiger partial charge in [0.2, 0.25) is 10.0 Å². The zero-order chi connectivity index (χ0) is 15.6. The second-order valence-corrected chi connectivity index (χ2v) is 8.29. The Balaban J connectivity index is 2.09. The molecule has 2 heterocycles. The van der Waals surface area contributed by atoms with Gasteiger partial charge < -0.3 is 15.1 Å². The molecule has 0 atom stereocenters. The van der Waals surface area contributed by atoms with Crippen LogP contribution in [-0.4, -0.2) is 51.4 Å². The number of hydrogen-bond donors (Lipinski definition) is 1. The first kappa shape index (κ1) is 17.0. The highest BCUT2D eigenvalue weighted by Gasteiger charge is 2.32. The maximum atomic E-state index is 12.7. The lowest BCUT2D eigenvalue weighted by atomic mass is 9.98. The van der Waals surface area contributed by atoms with Crippen molar-refractivity contribution in [2.24, 2.45) is 11.7 Å². The summed E-state index contributed by atoms with van der Waals surface area (Å²) in [7, 11) is 0.573. The molecule has 1 aliphatic rings. The van der Waals surface area contributed by atoms with E-state index in [9.17, 15) is 8.42 Å². The van der Waals surface area contributed by atoms with Crippen LogP contribution in [0.15, 0.2) is 20.0 Å². The Hall–Kier alpha value is -0.410. The number of rotatable bonds is 5. The van der Waals surface area contributed by atoms with Crippen LogP contribution < -0.4 is 5.73 Å². The topological polar surface area (TPSA) is 79.8 Å². The molecule has 0 aromatic carbocycles. The predicted molar refractivity (Wildman–Crippen MR) is 84.3 cm³/mol. The highest BCUT2D eigenvalue weighted by molar-refractivity contribution is 9.10. The molecule has 8 heteroatoms. The van der Waals surface area contributed by atoms with Crippen molar-refractivity contribution >= 4 is 26.0 Å². The molecule has 2 N–H and O–H groups in total. The highest BCUT2D eigenvalue weighted by atomic mass is 79.9. The monoisotopic (exact) mass is 379 g/mol. The van der Waals surface area contributed by atoms with Crippen molar-refractivity contribution in [1.82, 2.24) is 9.21 Å². The molecule has 0 amide bonds. The molecule has 0 unspecified atom stereocenters. The van der Waals surface area contributed by atoms with E-state index in [-0.39, 0.29) is 16.1 Å². The van der Waals surface area contributed by atoms with Crippen LogP contribution in [0, 0.1) is 5.92 Å². The van der Waals surface area contributed by atoms with E-state index in [1.165, 1.54) is 10.4 Å². The molecular formula is C13H22BrN3O3S. The van der Waals surface area contributed by atoms with Crippen molar-refractivity contribution in [3.05, 3.63) is 16.5 Å². The number of nitrogens with zero attached hydrogens (tertiary/aromatic N) is 2. The van der Waals surface area contributed by atoms with E-state index < -0.39 is 10.0 Å². The van der Waals surface area contributed by atoms with E-state index >= 15 is 0 Å². The van der Waals surface area contributed by atoms with Crippen LogP contribution in [0.4, 0.5) is 0 Å². The Morgan fingerprint density at radius 3 is 2.52 bits per heavy atom. The molecule has 1 aromatic heterocycles. The summed E-state index contributed by atoms with van der Waals surface area (Å²) < 4.78 is 32.4. The summed E-state index contributed by atoms with van der Waals surface area (Å²) in [5.41, 5.74) is 5.49. The van der Waals surface area contributed by atoms with Crippen LogP contribution in [0.2, 0.25) is 0 Å². The molecule has 0 saturated carbocycles. The van der Waals surface area contributed by atoms with Crippen molar-refractivity contribution in [1.29, 1.82) is 0 Å². The van der Waals surface area contributed by atoms with E-state index in [0.29, 0.717) is 24.8 Å². The SMILES string of the molecule is CN(C)CC1CCN(S(=O)(=O)c2cc(CN)oc2Br)CC1. The molecule has 1 aromatic rings. The third kappa shape index (κ3) is 3.87. The second kappa shape index (κ2) is 6.78. The first-order valence-corrected chi connectivity index (χ1v) is 9.21. The van der Waals surface area contributed by atoms with E-state index in [1.807, 2.05) is 14.1 Å². The largest absolute Gasteiger partial charge is 0.452 e. The van der Waals surface area contributed by atoms with Gasteiger partial charge in [0.25, 0.3) is 0 Å². The number of furan rings is 1. The normalized spacial score (nSPS) is 18.5. The van der Waals surface area contributed by atoms with Gasteiger partial charge in [-0.2, -0.15) is 4.31 Å². The molecule has 1 aliphatic heterocycles. The van der Waals surface area contributed by atoms with Gasteiger partial charge in [-0.15, -0.1) is 0 Å². The zero-order valence-corrected chi connectivity index (χ0v) is 14.8. The maximum Gasteiger partial charge on any atom is 0.247 e. The molecule has 6 nitrogen and oxygen atoms in total. The molecule has 1 saturated heterocycles. The standard InChI is InChI=1S/C13H22BrN3O3S/c1-16(2)9-10-3-5-17(6-4-10)21(18,19)12-7-11(8-15)20-13(12)14/h7,10H,3-6,8-9,15H2,1-2H3. The maximum absolute atomic E-state index is 12.7. The predicted octanol–water partition coefficient (Wildman–Crippen LogP) is 1.46. The van der Waals surface area contributed by atoms with Gasteiger partial charge in [0.15, 0.2) is 4.67 Å². The summed E-state index contributed by atoms with van der Waals surface area (Å²) >= 11 is 3.17. The van der Waals surface area contributed by atoms with Gasteiger partial charge in [-0.05, 0) is 48.8 Å². The van der Waals surface area contributed by atoms with Crippen LogP contribution in [0.5, 0.6) is 0 Å². The van der Waals surface area contributed by atoms with E-state index in [1.54, 1.807) is 0 Å². The van der Waals surface area contributed by atoms with Crippen molar-refractivity contribution in [2.75, 3.05) is 33.7 Å². The smallest absolute Gasteiger partial charge is 0.247 e. The lowest BCUT2D eigenvalue weighted by molar-refractivity contribution is 0.225. The highest BCUT2D eigenvalue weighted by Crippen LogP contribution is 2.31. The minimum absolute atomic E-state index is 0.175. The van der Waals surface area contributed by atoms with Gasteiger partial charge in [-0.3, -0.25) is 0 Å². The molecule has 1 fully saturated rings. The summed E-state index contributed by atoms with van der Waals surface area (Å²) in [5, 5.41) is 0. The van der Waals surface area contributed by atoms with Gasteiger partial charge in [-0.1, -0.05) is 0 Å².